The van der Waals surface area contributed by atoms with E-state index in [1.165, 1.54) is 11.8 Å². The minimum Gasteiger partial charge on any atom is -0.348 e. The molecule has 0 spiro atoms. The number of benzene rings is 1. The number of nitrogens with zero attached hydrogens (tertiary/aromatic N) is 1. The average Bonchev–Trinajstić information content (AvgIpc) is 2.56. The third kappa shape index (κ3) is 2.94. The van der Waals surface area contributed by atoms with Crippen molar-refractivity contribution in [3.63, 3.8) is 0 Å². The number of hydrogen-bond donors (Lipinski definition) is 2. The van der Waals surface area contributed by atoms with Crippen molar-refractivity contribution in [2.75, 3.05) is 5.32 Å². The zero-order chi connectivity index (χ0) is 16.4. The van der Waals surface area contributed by atoms with E-state index in [-0.39, 0.29) is 17.9 Å². The van der Waals surface area contributed by atoms with Crippen molar-refractivity contribution < 1.29 is 9.59 Å². The van der Waals surface area contributed by atoms with Crippen LogP contribution in [0.5, 0.6) is 0 Å². The molecule has 0 saturated carbocycles. The van der Waals surface area contributed by atoms with E-state index in [1.54, 1.807) is 19.3 Å². The Bertz CT molecular complexity index is 751. The molecule has 2 N–H and O–H groups in total. The number of carbonyl (C=O) groups excluding carboxylic acids is 2. The Morgan fingerprint density at radius 1 is 1.26 bits per heavy atom. The first-order valence-electron chi connectivity index (χ1n) is 7.31. The van der Waals surface area contributed by atoms with E-state index in [0.29, 0.717) is 0 Å². The van der Waals surface area contributed by atoms with E-state index in [4.69, 9.17) is 0 Å². The van der Waals surface area contributed by atoms with Gasteiger partial charge in [0.1, 0.15) is 0 Å². The molecular formula is C17H17N3O2S. The Labute approximate surface area is 138 Å². The third-order valence-corrected chi connectivity index (χ3v) is 5.22. The highest BCUT2D eigenvalue weighted by molar-refractivity contribution is 8.02. The van der Waals surface area contributed by atoms with Gasteiger partial charge in [-0.2, -0.15) is 0 Å². The zero-order valence-corrected chi connectivity index (χ0v) is 13.7. The van der Waals surface area contributed by atoms with Gasteiger partial charge in [-0.1, -0.05) is 23.9 Å². The topological polar surface area (TPSA) is 71.1 Å². The molecule has 3 rings (SSSR count). The molecule has 0 saturated heterocycles. The SMILES string of the molecule is CC(NC(=O)C1(C)Sc2ccccc2NC1=O)c1ccncc1. The van der Waals surface area contributed by atoms with Gasteiger partial charge in [0.25, 0.3) is 0 Å². The second kappa shape index (κ2) is 6.04. The van der Waals surface area contributed by atoms with Gasteiger partial charge in [-0.3, -0.25) is 14.6 Å². The van der Waals surface area contributed by atoms with Crippen molar-refractivity contribution in [1.29, 1.82) is 0 Å². The molecule has 0 fully saturated rings. The van der Waals surface area contributed by atoms with Crippen LogP contribution < -0.4 is 10.6 Å². The summed E-state index contributed by atoms with van der Waals surface area (Å²) in [6.45, 7) is 3.54. The number of pyridine rings is 1. The summed E-state index contributed by atoms with van der Waals surface area (Å²) in [5, 5.41) is 5.73. The first-order valence-corrected chi connectivity index (χ1v) is 8.13. The zero-order valence-electron chi connectivity index (χ0n) is 12.9. The van der Waals surface area contributed by atoms with E-state index in [9.17, 15) is 9.59 Å². The Hall–Kier alpha value is -2.34. The fraction of sp³-hybridized carbons (Fsp3) is 0.235. The molecule has 1 aliphatic heterocycles. The van der Waals surface area contributed by atoms with Crippen LogP contribution in [0.25, 0.3) is 0 Å². The number of nitrogens with one attached hydrogen (secondary N) is 2. The second-order valence-corrected chi connectivity index (χ2v) is 7.02. The molecule has 1 aromatic heterocycles. The second-order valence-electron chi connectivity index (χ2n) is 5.56. The highest BCUT2D eigenvalue weighted by Gasteiger charge is 2.46. The van der Waals surface area contributed by atoms with Crippen molar-refractivity contribution in [3.05, 3.63) is 54.4 Å². The number of anilines is 1. The smallest absolute Gasteiger partial charge is 0.250 e. The molecule has 2 heterocycles. The molecule has 0 aliphatic carbocycles. The number of amides is 2. The number of fused-ring (bicyclic) bond motifs is 1. The van der Waals surface area contributed by atoms with Crippen LogP contribution in [0, 0.1) is 0 Å². The molecule has 5 nitrogen and oxygen atoms in total. The van der Waals surface area contributed by atoms with E-state index < -0.39 is 4.75 Å². The van der Waals surface area contributed by atoms with Gasteiger partial charge in [-0.25, -0.2) is 0 Å². The number of thioether (sulfide) groups is 1. The normalized spacial score (nSPS) is 21.0. The highest BCUT2D eigenvalue weighted by Crippen LogP contribution is 2.42. The van der Waals surface area contributed by atoms with Crippen LogP contribution in [0.1, 0.15) is 25.5 Å². The Kier molecular flexibility index (Phi) is 4.09. The minimum absolute atomic E-state index is 0.201. The van der Waals surface area contributed by atoms with Crippen LogP contribution in [0.4, 0.5) is 5.69 Å². The van der Waals surface area contributed by atoms with Crippen LogP contribution in [-0.2, 0) is 9.59 Å². The van der Waals surface area contributed by atoms with Crippen molar-refractivity contribution in [3.8, 4) is 0 Å². The van der Waals surface area contributed by atoms with Crippen LogP contribution in [-0.4, -0.2) is 21.5 Å². The van der Waals surface area contributed by atoms with Crippen LogP contribution in [0.2, 0.25) is 0 Å². The Balaban J connectivity index is 1.80. The largest absolute Gasteiger partial charge is 0.348 e. The number of para-hydroxylation sites is 1. The van der Waals surface area contributed by atoms with Gasteiger partial charge < -0.3 is 10.6 Å². The molecule has 6 heteroatoms. The molecule has 2 amide bonds. The molecule has 1 aromatic carbocycles. The predicted octanol–water partition coefficient (Wildman–Crippen LogP) is 2.76. The fourth-order valence-electron chi connectivity index (χ4n) is 2.39. The Morgan fingerprint density at radius 3 is 2.70 bits per heavy atom. The monoisotopic (exact) mass is 327 g/mol. The number of hydrogen-bond acceptors (Lipinski definition) is 4. The van der Waals surface area contributed by atoms with E-state index >= 15 is 0 Å². The van der Waals surface area contributed by atoms with Crippen LogP contribution in [0.15, 0.2) is 53.7 Å². The summed E-state index contributed by atoms with van der Waals surface area (Å²) in [5.41, 5.74) is 1.69. The molecule has 118 valence electrons. The van der Waals surface area contributed by atoms with E-state index in [2.05, 4.69) is 15.6 Å². The summed E-state index contributed by atoms with van der Waals surface area (Å²) in [7, 11) is 0. The molecule has 0 bridgehead atoms. The maximum absolute atomic E-state index is 12.7. The third-order valence-electron chi connectivity index (χ3n) is 3.87. The fourth-order valence-corrected chi connectivity index (χ4v) is 3.50. The van der Waals surface area contributed by atoms with Gasteiger partial charge >= 0.3 is 0 Å². The summed E-state index contributed by atoms with van der Waals surface area (Å²) >= 11 is 1.28. The molecule has 2 atom stereocenters. The lowest BCUT2D eigenvalue weighted by Crippen LogP contribution is -2.52. The van der Waals surface area contributed by atoms with E-state index in [0.717, 1.165) is 16.1 Å². The summed E-state index contributed by atoms with van der Waals surface area (Å²) < 4.78 is -1.20. The average molecular weight is 327 g/mol. The number of rotatable bonds is 3. The summed E-state index contributed by atoms with van der Waals surface area (Å²) in [5.74, 6) is -0.612. The van der Waals surface area contributed by atoms with Crippen molar-refractivity contribution in [2.45, 2.75) is 29.5 Å². The summed E-state index contributed by atoms with van der Waals surface area (Å²) in [6, 6.07) is 11.0. The molecule has 2 aromatic rings. The number of aromatic nitrogens is 1. The van der Waals surface area contributed by atoms with Gasteiger partial charge in [0.2, 0.25) is 11.8 Å². The van der Waals surface area contributed by atoms with E-state index in [1.807, 2.05) is 43.3 Å². The van der Waals surface area contributed by atoms with Gasteiger partial charge in [0.05, 0.1) is 11.7 Å². The predicted molar refractivity (Wildman–Crippen MR) is 90.1 cm³/mol. The van der Waals surface area contributed by atoms with Gasteiger partial charge in [-0.05, 0) is 43.7 Å². The standard InChI is InChI=1S/C17H17N3O2S/c1-11(12-7-9-18-10-8-12)19-15(21)17(2)16(22)20-13-5-3-4-6-14(13)23-17/h3-11H,1-2H3,(H,19,21)(H,20,22). The van der Waals surface area contributed by atoms with Gasteiger partial charge in [-0.15, -0.1) is 0 Å². The maximum Gasteiger partial charge on any atom is 0.250 e. The molecule has 2 unspecified atom stereocenters. The maximum atomic E-state index is 12.7. The van der Waals surface area contributed by atoms with Crippen molar-refractivity contribution in [1.82, 2.24) is 10.3 Å². The number of carbonyl (C=O) groups is 2. The first kappa shape index (κ1) is 15.6. The molecular weight excluding hydrogens is 310 g/mol. The van der Waals surface area contributed by atoms with Crippen LogP contribution >= 0.6 is 11.8 Å². The quantitative estimate of drug-likeness (QED) is 0.851. The minimum atomic E-state index is -1.20. The summed E-state index contributed by atoms with van der Waals surface area (Å²) in [6.07, 6.45) is 3.36. The van der Waals surface area contributed by atoms with Gasteiger partial charge in [0.15, 0.2) is 4.75 Å². The lowest BCUT2D eigenvalue weighted by molar-refractivity contribution is -0.130. The van der Waals surface area contributed by atoms with Crippen molar-refractivity contribution >= 4 is 29.3 Å². The first-order chi connectivity index (χ1) is 11.0. The Morgan fingerprint density at radius 2 is 1.96 bits per heavy atom. The van der Waals surface area contributed by atoms with Crippen LogP contribution in [0.3, 0.4) is 0 Å². The van der Waals surface area contributed by atoms with Gasteiger partial charge in [0, 0.05) is 17.3 Å². The molecule has 0 radical (unpaired) electrons. The lowest BCUT2D eigenvalue weighted by atomic mass is 10.1. The summed E-state index contributed by atoms with van der Waals surface area (Å²) in [4.78, 5) is 30.0. The van der Waals surface area contributed by atoms with Crippen molar-refractivity contribution in [2.24, 2.45) is 0 Å². The molecule has 1 aliphatic rings. The lowest BCUT2D eigenvalue weighted by Gasteiger charge is -2.32. The molecule has 23 heavy (non-hydrogen) atoms. The highest BCUT2D eigenvalue weighted by atomic mass is 32.2.